The number of amides is 3. The van der Waals surface area contributed by atoms with Gasteiger partial charge in [-0.1, -0.05) is 59.6 Å². The second-order valence-corrected chi connectivity index (χ2v) is 11.3. The van der Waals surface area contributed by atoms with Crippen LogP contribution in [0.4, 0.5) is 23.7 Å². The molecule has 1 aliphatic heterocycles. The van der Waals surface area contributed by atoms with E-state index in [9.17, 15) is 27.6 Å². The van der Waals surface area contributed by atoms with E-state index in [1.807, 2.05) is 42.5 Å². The van der Waals surface area contributed by atoms with Crippen molar-refractivity contribution in [1.82, 2.24) is 4.90 Å². The van der Waals surface area contributed by atoms with Gasteiger partial charge in [-0.3, -0.25) is 19.3 Å². The largest absolute Gasteiger partial charge is 0.495 e. The van der Waals surface area contributed by atoms with Crippen molar-refractivity contribution in [3.8, 4) is 11.5 Å². The Morgan fingerprint density at radius 2 is 1.68 bits per heavy atom. The van der Waals surface area contributed by atoms with E-state index < -0.39 is 35.3 Å². The van der Waals surface area contributed by atoms with Gasteiger partial charge in [-0.05, 0) is 76.1 Å². The zero-order valence-electron chi connectivity index (χ0n) is 22.7. The second kappa shape index (κ2) is 12.8. The summed E-state index contributed by atoms with van der Waals surface area (Å²) in [6.45, 7) is -0.526. The molecule has 226 valence electrons. The average Bonchev–Trinajstić information content (AvgIpc) is 3.23. The number of nitrogens with zero attached hydrogens (tertiary/aromatic N) is 1. The van der Waals surface area contributed by atoms with E-state index in [4.69, 9.17) is 32.7 Å². The highest BCUT2D eigenvalue weighted by atomic mass is 35.5. The zero-order valence-corrected chi connectivity index (χ0v) is 25.0. The first kappa shape index (κ1) is 31.2. The van der Waals surface area contributed by atoms with Crippen LogP contribution in [-0.4, -0.2) is 35.6 Å². The molecule has 1 aliphatic rings. The molecule has 4 aromatic carbocycles. The Balaban J connectivity index is 1.26. The van der Waals surface area contributed by atoms with Crippen molar-refractivity contribution in [2.24, 2.45) is 0 Å². The van der Waals surface area contributed by atoms with Gasteiger partial charge in [-0.15, -0.1) is 0 Å². The summed E-state index contributed by atoms with van der Waals surface area (Å²) in [5, 5.41) is 4.05. The molecule has 4 aromatic rings. The minimum Gasteiger partial charge on any atom is -0.495 e. The van der Waals surface area contributed by atoms with Crippen molar-refractivity contribution in [2.45, 2.75) is 12.8 Å². The molecule has 0 radical (unpaired) electrons. The number of alkyl halides is 3. The number of nitrogens with one attached hydrogen (secondary N) is 1. The predicted octanol–water partition coefficient (Wildman–Crippen LogP) is 8.43. The number of anilines is 1. The monoisotopic (exact) mass is 660 g/mol. The molecule has 1 N–H and O–H groups in total. The van der Waals surface area contributed by atoms with E-state index in [0.717, 1.165) is 28.5 Å². The number of halogens is 5. The van der Waals surface area contributed by atoms with Crippen molar-refractivity contribution >= 4 is 74.6 Å². The molecule has 5 rings (SSSR count). The van der Waals surface area contributed by atoms with Gasteiger partial charge in [0.15, 0.2) is 5.75 Å². The highest BCUT2D eigenvalue weighted by molar-refractivity contribution is 8.18. The number of thioether (sulfide) groups is 1. The number of hydrogen-bond donors (Lipinski definition) is 1. The zero-order chi connectivity index (χ0) is 31.6. The van der Waals surface area contributed by atoms with Crippen LogP contribution in [0.5, 0.6) is 11.5 Å². The van der Waals surface area contributed by atoms with Gasteiger partial charge in [0.2, 0.25) is 5.91 Å². The van der Waals surface area contributed by atoms with Gasteiger partial charge < -0.3 is 14.8 Å². The molecule has 1 saturated heterocycles. The molecule has 13 heteroatoms. The van der Waals surface area contributed by atoms with E-state index in [1.165, 1.54) is 25.3 Å². The Hall–Kier alpha value is -4.19. The normalized spacial score (nSPS) is 14.4. The van der Waals surface area contributed by atoms with Crippen LogP contribution < -0.4 is 14.8 Å². The maximum absolute atomic E-state index is 13.1. The summed E-state index contributed by atoms with van der Waals surface area (Å²) in [6, 6.07) is 19.4. The van der Waals surface area contributed by atoms with Gasteiger partial charge in [-0.2, -0.15) is 13.2 Å². The highest BCUT2D eigenvalue weighted by Crippen LogP contribution is 2.38. The molecule has 0 aromatic heterocycles. The van der Waals surface area contributed by atoms with E-state index in [1.54, 1.807) is 0 Å². The smallest absolute Gasteiger partial charge is 0.416 e. The van der Waals surface area contributed by atoms with Crippen molar-refractivity contribution in [3.63, 3.8) is 0 Å². The van der Waals surface area contributed by atoms with Crippen LogP contribution in [0.3, 0.4) is 0 Å². The van der Waals surface area contributed by atoms with E-state index >= 15 is 0 Å². The molecule has 0 bridgehead atoms. The summed E-state index contributed by atoms with van der Waals surface area (Å²) in [7, 11) is 1.22. The molecule has 0 saturated carbocycles. The third kappa shape index (κ3) is 6.96. The van der Waals surface area contributed by atoms with E-state index in [-0.39, 0.29) is 38.7 Å². The second-order valence-electron chi connectivity index (χ2n) is 9.51. The van der Waals surface area contributed by atoms with Crippen molar-refractivity contribution in [2.75, 3.05) is 19.0 Å². The summed E-state index contributed by atoms with van der Waals surface area (Å²) in [5.74, 6) is -1.45. The van der Waals surface area contributed by atoms with E-state index in [2.05, 4.69) is 5.32 Å². The third-order valence-electron chi connectivity index (χ3n) is 6.49. The molecule has 7 nitrogen and oxygen atoms in total. The number of carbonyl (C=O) groups excluding carboxylic acids is 3. The lowest BCUT2D eigenvalue weighted by molar-refractivity contribution is -0.137. The fourth-order valence-electron chi connectivity index (χ4n) is 4.39. The van der Waals surface area contributed by atoms with Crippen LogP contribution in [0.15, 0.2) is 77.7 Å². The Kier molecular flexibility index (Phi) is 9.10. The van der Waals surface area contributed by atoms with Crippen LogP contribution in [0.25, 0.3) is 16.8 Å². The minimum absolute atomic E-state index is 0.00332. The lowest BCUT2D eigenvalue weighted by Crippen LogP contribution is -2.36. The van der Waals surface area contributed by atoms with Gasteiger partial charge >= 0.3 is 6.18 Å². The number of carbonyl (C=O) groups is 3. The fraction of sp³-hybridized carbons (Fsp3) is 0.129. The number of ether oxygens (including phenoxy) is 2. The quantitative estimate of drug-likeness (QED) is 0.191. The molecular weight excluding hydrogens is 640 g/mol. The first-order valence-electron chi connectivity index (χ1n) is 12.8. The molecule has 44 heavy (non-hydrogen) atoms. The maximum atomic E-state index is 13.1. The van der Waals surface area contributed by atoms with Gasteiger partial charge in [0.25, 0.3) is 11.1 Å². The Labute approximate surface area is 263 Å². The van der Waals surface area contributed by atoms with Gasteiger partial charge in [0.1, 0.15) is 18.9 Å². The van der Waals surface area contributed by atoms with E-state index in [0.29, 0.717) is 28.3 Å². The minimum atomic E-state index is -4.66. The molecule has 3 amide bonds. The highest BCUT2D eigenvalue weighted by Gasteiger charge is 2.37. The molecule has 0 spiro atoms. The average molecular weight is 661 g/mol. The maximum Gasteiger partial charge on any atom is 0.416 e. The van der Waals surface area contributed by atoms with Crippen molar-refractivity contribution in [3.05, 3.63) is 104 Å². The number of hydrogen-bond acceptors (Lipinski definition) is 6. The number of benzene rings is 4. The number of fused-ring (bicyclic) bond motifs is 1. The lowest BCUT2D eigenvalue weighted by atomic mass is 10.1. The topological polar surface area (TPSA) is 84.9 Å². The van der Waals surface area contributed by atoms with Gasteiger partial charge in [0, 0.05) is 0 Å². The van der Waals surface area contributed by atoms with Crippen LogP contribution in [0.1, 0.15) is 16.7 Å². The van der Waals surface area contributed by atoms with Crippen molar-refractivity contribution < 1.29 is 37.0 Å². The van der Waals surface area contributed by atoms with Crippen LogP contribution in [0.2, 0.25) is 10.0 Å². The summed E-state index contributed by atoms with van der Waals surface area (Å²) in [6.07, 6.45) is -3.26. The first-order chi connectivity index (χ1) is 20.9. The Bertz CT molecular complexity index is 1810. The molecule has 1 heterocycles. The molecule has 1 fully saturated rings. The standard InChI is InChI=1S/C31H21Cl2F3N2O5S/c1-42-25-9-8-21(31(34,35)36)14-24(25)37-27(39)15-38-29(40)26(44-30(38)41)13-18-11-22(32)28(23(33)12-18)43-16-17-6-7-19-4-2-3-5-20(19)10-17/h2-14H,15-16H2,1H3,(H,37,39)/b26-13-. The molecule has 0 atom stereocenters. The van der Waals surface area contributed by atoms with Crippen LogP contribution >= 0.6 is 35.0 Å². The van der Waals surface area contributed by atoms with Gasteiger partial charge in [-0.25, -0.2) is 0 Å². The number of methoxy groups -OCH3 is 1. The van der Waals surface area contributed by atoms with Gasteiger partial charge in [0.05, 0.1) is 33.3 Å². The SMILES string of the molecule is COc1ccc(C(F)(F)F)cc1NC(=O)CN1C(=O)S/C(=C\c2cc(Cl)c(OCc3ccc4ccccc4c3)c(Cl)c2)C1=O. The fourth-order valence-corrected chi connectivity index (χ4v) is 5.84. The summed E-state index contributed by atoms with van der Waals surface area (Å²) < 4.78 is 50.3. The number of imide groups is 1. The third-order valence-corrected chi connectivity index (χ3v) is 7.96. The summed E-state index contributed by atoms with van der Waals surface area (Å²) in [4.78, 5) is 38.9. The Morgan fingerprint density at radius 3 is 2.36 bits per heavy atom. The van der Waals surface area contributed by atoms with Crippen molar-refractivity contribution in [1.29, 1.82) is 0 Å². The molecular formula is C31H21Cl2F3N2O5S. The first-order valence-corrected chi connectivity index (χ1v) is 14.4. The van der Waals surface area contributed by atoms with Crippen LogP contribution in [0, 0.1) is 0 Å². The molecule has 0 unspecified atom stereocenters. The van der Waals surface area contributed by atoms with Crippen LogP contribution in [-0.2, 0) is 22.4 Å². The summed E-state index contributed by atoms with van der Waals surface area (Å²) >= 11 is 13.5. The lowest BCUT2D eigenvalue weighted by Gasteiger charge is -2.16. The Morgan fingerprint density at radius 1 is 0.977 bits per heavy atom. The predicted molar refractivity (Wildman–Crippen MR) is 164 cm³/mol. The number of rotatable bonds is 8. The summed E-state index contributed by atoms with van der Waals surface area (Å²) in [5.41, 5.74) is 0.0398. The molecule has 0 aliphatic carbocycles.